The van der Waals surface area contributed by atoms with Gasteiger partial charge in [0.1, 0.15) is 0 Å². The summed E-state index contributed by atoms with van der Waals surface area (Å²) in [6.07, 6.45) is 5.48. The Morgan fingerprint density at radius 2 is 2.07 bits per heavy atom. The Balaban J connectivity index is 1.38. The smallest absolute Gasteiger partial charge is 0.236 e. The lowest BCUT2D eigenvalue weighted by molar-refractivity contribution is -0.131. The second-order valence-corrected chi connectivity index (χ2v) is 9.21. The monoisotopic (exact) mass is 385 g/mol. The van der Waals surface area contributed by atoms with Crippen LogP contribution in [0, 0.1) is 0 Å². The molecule has 0 unspecified atom stereocenters. The molecule has 0 bridgehead atoms. The van der Waals surface area contributed by atoms with Gasteiger partial charge in [-0.2, -0.15) is 0 Å². The molecule has 27 heavy (non-hydrogen) atoms. The number of rotatable bonds is 4. The number of nitrogens with zero attached hydrogens (tertiary/aromatic N) is 2. The fourth-order valence-corrected chi connectivity index (χ4v) is 5.07. The Morgan fingerprint density at radius 1 is 1.26 bits per heavy atom. The van der Waals surface area contributed by atoms with E-state index in [1.54, 1.807) is 6.08 Å². The molecule has 1 amide bonds. The minimum absolute atomic E-state index is 0.0122. The highest BCUT2D eigenvalue weighted by molar-refractivity contribution is 7.94. The summed E-state index contributed by atoms with van der Waals surface area (Å²) in [4.78, 5) is 19.1. The highest BCUT2D eigenvalue weighted by Crippen LogP contribution is 2.27. The van der Waals surface area contributed by atoms with Gasteiger partial charge < -0.3 is 10.2 Å². The zero-order valence-electron chi connectivity index (χ0n) is 15.0. The molecule has 142 valence electrons. The lowest BCUT2D eigenvalue weighted by Gasteiger charge is -2.33. The predicted molar refractivity (Wildman–Crippen MR) is 105 cm³/mol. The van der Waals surface area contributed by atoms with E-state index >= 15 is 0 Å². The Kier molecular flexibility index (Phi) is 4.97. The molecule has 1 aromatic heterocycles. The van der Waals surface area contributed by atoms with E-state index in [9.17, 15) is 13.2 Å². The normalized spacial score (nSPS) is 24.4. The van der Waals surface area contributed by atoms with Crippen molar-refractivity contribution in [3.8, 4) is 0 Å². The largest absolute Gasteiger partial charge is 0.341 e. The zero-order valence-corrected chi connectivity index (χ0v) is 15.9. The highest BCUT2D eigenvalue weighted by Gasteiger charge is 2.27. The van der Waals surface area contributed by atoms with E-state index in [1.165, 1.54) is 10.8 Å². The molecule has 0 radical (unpaired) electrons. The number of fused-ring (bicyclic) bond motifs is 1. The molecule has 2 aliphatic rings. The summed E-state index contributed by atoms with van der Waals surface area (Å²) in [6.45, 7) is 1.55. The lowest BCUT2D eigenvalue weighted by atomic mass is 9.93. The number of carbonyl (C=O) groups is 1. The fraction of sp³-hybridized carbons (Fsp3) is 0.400. The number of likely N-dealkylation sites (tertiary alicyclic amines) is 1. The van der Waals surface area contributed by atoms with Crippen LogP contribution in [0.2, 0.25) is 0 Å². The van der Waals surface area contributed by atoms with Gasteiger partial charge >= 0.3 is 0 Å². The molecule has 1 fully saturated rings. The molecule has 0 aliphatic carbocycles. The number of hydrogen-bond acceptors (Lipinski definition) is 5. The van der Waals surface area contributed by atoms with Gasteiger partial charge in [0, 0.05) is 47.7 Å². The summed E-state index contributed by atoms with van der Waals surface area (Å²) < 4.78 is 22.9. The van der Waals surface area contributed by atoms with Gasteiger partial charge in [0.05, 0.1) is 12.3 Å². The molecule has 1 saturated heterocycles. The van der Waals surface area contributed by atoms with Crippen LogP contribution >= 0.6 is 0 Å². The molecule has 7 heteroatoms. The molecule has 3 heterocycles. The van der Waals surface area contributed by atoms with Crippen LogP contribution in [0.1, 0.15) is 24.5 Å². The van der Waals surface area contributed by atoms with E-state index in [4.69, 9.17) is 0 Å². The summed E-state index contributed by atoms with van der Waals surface area (Å²) in [5.74, 6) is 0.279. The average molecular weight is 385 g/mol. The SMILES string of the molecule is O=C(CN[C@H]1C=CS(=O)(=O)C1)N1CCC[C@@H](c2cc3ccccc3cn2)C1. The zero-order chi connectivity index (χ0) is 18.9. The van der Waals surface area contributed by atoms with Crippen molar-refractivity contribution < 1.29 is 13.2 Å². The van der Waals surface area contributed by atoms with Crippen molar-refractivity contribution in [2.24, 2.45) is 0 Å². The Labute approximate surface area is 159 Å². The van der Waals surface area contributed by atoms with E-state index in [0.29, 0.717) is 6.54 Å². The Morgan fingerprint density at radius 3 is 2.85 bits per heavy atom. The maximum absolute atomic E-state index is 12.6. The van der Waals surface area contributed by atoms with Crippen LogP contribution in [0.4, 0.5) is 0 Å². The molecular weight excluding hydrogens is 362 g/mol. The summed E-state index contributed by atoms with van der Waals surface area (Å²) >= 11 is 0. The van der Waals surface area contributed by atoms with Gasteiger partial charge in [-0.1, -0.05) is 30.3 Å². The summed E-state index contributed by atoms with van der Waals surface area (Å²) in [7, 11) is -3.11. The van der Waals surface area contributed by atoms with Gasteiger partial charge in [0.15, 0.2) is 9.84 Å². The van der Waals surface area contributed by atoms with Crippen LogP contribution in [0.15, 0.2) is 48.0 Å². The lowest BCUT2D eigenvalue weighted by Crippen LogP contribution is -2.45. The number of amides is 1. The number of nitrogens with one attached hydrogen (secondary N) is 1. The molecule has 0 saturated carbocycles. The van der Waals surface area contributed by atoms with Crippen LogP contribution < -0.4 is 5.32 Å². The summed E-state index contributed by atoms with van der Waals surface area (Å²) in [5, 5.41) is 6.55. The number of piperidine rings is 1. The molecule has 2 aromatic rings. The minimum Gasteiger partial charge on any atom is -0.341 e. The second kappa shape index (κ2) is 7.40. The standard InChI is InChI=1S/C20H23N3O3S/c24-20(12-21-18-7-9-27(25,26)14-18)23-8-3-6-17(13-23)19-10-15-4-1-2-5-16(15)11-22-19/h1-2,4-5,7,9-11,17-18,21H,3,6,8,12-14H2/t17-,18+/m1/s1. The first-order valence-electron chi connectivity index (χ1n) is 9.27. The van der Waals surface area contributed by atoms with Gasteiger partial charge in [-0.15, -0.1) is 0 Å². The third-order valence-electron chi connectivity index (χ3n) is 5.29. The van der Waals surface area contributed by atoms with Crippen molar-refractivity contribution in [1.29, 1.82) is 0 Å². The maximum Gasteiger partial charge on any atom is 0.236 e. The first-order valence-corrected chi connectivity index (χ1v) is 11.0. The third-order valence-corrected chi connectivity index (χ3v) is 6.69. The number of carbonyl (C=O) groups excluding carboxylic acids is 1. The van der Waals surface area contributed by atoms with Crippen LogP contribution in [0.5, 0.6) is 0 Å². The molecule has 6 nitrogen and oxygen atoms in total. The average Bonchev–Trinajstić information content (AvgIpc) is 3.04. The minimum atomic E-state index is -3.11. The fourth-order valence-electron chi connectivity index (χ4n) is 3.80. The van der Waals surface area contributed by atoms with E-state index in [0.717, 1.165) is 30.5 Å². The molecule has 0 spiro atoms. The molecular formula is C20H23N3O3S. The number of aromatic nitrogens is 1. The van der Waals surface area contributed by atoms with Crippen LogP contribution in [0.25, 0.3) is 10.8 Å². The maximum atomic E-state index is 12.6. The molecule has 1 N–H and O–H groups in total. The molecule has 4 rings (SSSR count). The number of hydrogen-bond donors (Lipinski definition) is 1. The number of pyridine rings is 1. The molecule has 2 atom stereocenters. The second-order valence-electron chi connectivity index (χ2n) is 7.28. The number of sulfone groups is 1. The van der Waals surface area contributed by atoms with Gasteiger partial charge in [-0.25, -0.2) is 8.42 Å². The number of benzene rings is 1. The van der Waals surface area contributed by atoms with Crippen LogP contribution in [-0.2, 0) is 14.6 Å². The predicted octanol–water partition coefficient (Wildman–Crippen LogP) is 1.84. The van der Waals surface area contributed by atoms with E-state index in [2.05, 4.69) is 22.4 Å². The summed E-state index contributed by atoms with van der Waals surface area (Å²) in [5.41, 5.74) is 1.03. The van der Waals surface area contributed by atoms with Crippen LogP contribution in [-0.4, -0.2) is 55.6 Å². The van der Waals surface area contributed by atoms with Crippen LogP contribution in [0.3, 0.4) is 0 Å². The van der Waals surface area contributed by atoms with Crippen molar-refractivity contribution in [3.63, 3.8) is 0 Å². The van der Waals surface area contributed by atoms with Crippen molar-refractivity contribution >= 4 is 26.5 Å². The first-order chi connectivity index (χ1) is 13.0. The van der Waals surface area contributed by atoms with Crippen molar-refractivity contribution in [3.05, 3.63) is 53.7 Å². The van der Waals surface area contributed by atoms with Gasteiger partial charge in [0.25, 0.3) is 0 Å². The molecule has 1 aromatic carbocycles. The van der Waals surface area contributed by atoms with Gasteiger partial charge in [0.2, 0.25) is 5.91 Å². The van der Waals surface area contributed by atoms with E-state index in [1.807, 2.05) is 29.3 Å². The van der Waals surface area contributed by atoms with Gasteiger partial charge in [-0.05, 0) is 24.3 Å². The van der Waals surface area contributed by atoms with Gasteiger partial charge in [-0.3, -0.25) is 9.78 Å². The van der Waals surface area contributed by atoms with Crippen molar-refractivity contribution in [1.82, 2.24) is 15.2 Å². The van der Waals surface area contributed by atoms with E-state index < -0.39 is 9.84 Å². The van der Waals surface area contributed by atoms with Crippen molar-refractivity contribution in [2.45, 2.75) is 24.8 Å². The topological polar surface area (TPSA) is 79.4 Å². The Hall–Kier alpha value is -2.25. The first kappa shape index (κ1) is 18.1. The summed E-state index contributed by atoms with van der Waals surface area (Å²) in [6, 6.07) is 10.0. The Bertz CT molecular complexity index is 987. The van der Waals surface area contributed by atoms with E-state index in [-0.39, 0.29) is 30.2 Å². The third kappa shape index (κ3) is 4.20. The van der Waals surface area contributed by atoms with Crippen molar-refractivity contribution in [2.75, 3.05) is 25.4 Å². The quantitative estimate of drug-likeness (QED) is 0.869. The molecule has 2 aliphatic heterocycles. The highest BCUT2D eigenvalue weighted by atomic mass is 32.2.